The summed E-state index contributed by atoms with van der Waals surface area (Å²) in [5.74, 6) is -1.86. The average Bonchev–Trinajstić information content (AvgIpc) is 3.69. The quantitative estimate of drug-likeness (QED) is 0.503. The first-order valence-electron chi connectivity index (χ1n) is 13.9. The molecule has 3 aliphatic rings. The number of hydrogen-bond donors (Lipinski definition) is 0. The maximum absolute atomic E-state index is 14.9. The normalized spacial score (nSPS) is 19.7. The molecular weight excluding hydrogens is 504 g/mol. The van der Waals surface area contributed by atoms with Crippen LogP contribution in [0, 0.1) is 23.0 Å². The summed E-state index contributed by atoms with van der Waals surface area (Å²) in [7, 11) is 2.01. The highest BCUT2D eigenvalue weighted by Gasteiger charge is 2.37. The van der Waals surface area contributed by atoms with Crippen molar-refractivity contribution in [3.05, 3.63) is 42.0 Å². The van der Waals surface area contributed by atoms with Gasteiger partial charge in [-0.2, -0.15) is 0 Å². The van der Waals surface area contributed by atoms with Crippen molar-refractivity contribution in [2.24, 2.45) is 11.3 Å². The fourth-order valence-corrected chi connectivity index (χ4v) is 5.18. The summed E-state index contributed by atoms with van der Waals surface area (Å²) in [6, 6.07) is 2.39. The van der Waals surface area contributed by atoms with E-state index < -0.39 is 17.4 Å². The van der Waals surface area contributed by atoms with Crippen LogP contribution < -0.4 is 4.74 Å². The standard InChI is InChI=1S/C29H37F2N5O3/c1-29(7-8-29)6-3-25(37)35-9-4-20(5-10-35)19-39-26-23(30)15-21(16-24(26)31)22-17-32-27(33-18-22)28(38)36-13-11-34(2)12-14-36/h15-18,20H,3-14,19H2,1-2H3. The highest BCUT2D eigenvalue weighted by molar-refractivity contribution is 5.90. The maximum atomic E-state index is 14.9. The van der Waals surface area contributed by atoms with Crippen molar-refractivity contribution in [1.29, 1.82) is 0 Å². The van der Waals surface area contributed by atoms with Crippen LogP contribution in [0.4, 0.5) is 8.78 Å². The van der Waals surface area contributed by atoms with Crippen LogP contribution in [0.2, 0.25) is 0 Å². The summed E-state index contributed by atoms with van der Waals surface area (Å²) in [6.45, 7) is 6.52. The van der Waals surface area contributed by atoms with Crippen LogP contribution in [0.5, 0.6) is 5.75 Å². The first-order chi connectivity index (χ1) is 18.7. The first kappa shape index (κ1) is 27.4. The Morgan fingerprint density at radius 1 is 0.949 bits per heavy atom. The number of nitrogens with zero attached hydrogens (tertiary/aromatic N) is 5. The summed E-state index contributed by atoms with van der Waals surface area (Å²) < 4.78 is 35.3. The summed E-state index contributed by atoms with van der Waals surface area (Å²) in [5, 5.41) is 0. The van der Waals surface area contributed by atoms with Gasteiger partial charge in [0.25, 0.3) is 5.91 Å². The molecule has 1 aromatic carbocycles. The number of carbonyl (C=O) groups excluding carboxylic acids is 2. The van der Waals surface area contributed by atoms with E-state index in [1.165, 1.54) is 37.4 Å². The number of amides is 2. The van der Waals surface area contributed by atoms with Crippen molar-refractivity contribution in [2.75, 3.05) is 52.9 Å². The van der Waals surface area contributed by atoms with Crippen LogP contribution in [0.25, 0.3) is 11.1 Å². The van der Waals surface area contributed by atoms with E-state index in [1.54, 1.807) is 4.90 Å². The Balaban J connectivity index is 1.13. The fraction of sp³-hybridized carbons (Fsp3) is 0.586. The van der Waals surface area contributed by atoms with E-state index in [0.717, 1.165) is 32.4 Å². The maximum Gasteiger partial charge on any atom is 0.291 e. The van der Waals surface area contributed by atoms with Crippen LogP contribution in [-0.2, 0) is 4.79 Å². The molecule has 0 unspecified atom stereocenters. The van der Waals surface area contributed by atoms with Crippen molar-refractivity contribution in [3.63, 3.8) is 0 Å². The Kier molecular flexibility index (Phi) is 8.11. The van der Waals surface area contributed by atoms with Crippen LogP contribution >= 0.6 is 0 Å². The Labute approximate surface area is 228 Å². The number of aromatic nitrogens is 2. The second-order valence-corrected chi connectivity index (χ2v) is 11.6. The Bertz CT molecular complexity index is 1160. The smallest absolute Gasteiger partial charge is 0.291 e. The van der Waals surface area contributed by atoms with Gasteiger partial charge >= 0.3 is 0 Å². The third kappa shape index (κ3) is 6.72. The van der Waals surface area contributed by atoms with Gasteiger partial charge in [0.2, 0.25) is 11.7 Å². The van der Waals surface area contributed by atoms with Crippen LogP contribution in [0.15, 0.2) is 24.5 Å². The van der Waals surface area contributed by atoms with Crippen molar-refractivity contribution in [3.8, 4) is 16.9 Å². The topological polar surface area (TPSA) is 78.9 Å². The molecule has 39 heavy (non-hydrogen) atoms. The van der Waals surface area contributed by atoms with E-state index in [-0.39, 0.29) is 35.7 Å². The van der Waals surface area contributed by atoms with Gasteiger partial charge in [-0.3, -0.25) is 9.59 Å². The van der Waals surface area contributed by atoms with E-state index in [1.807, 2.05) is 11.9 Å². The van der Waals surface area contributed by atoms with Gasteiger partial charge in [0.15, 0.2) is 17.4 Å². The van der Waals surface area contributed by atoms with E-state index in [0.29, 0.717) is 43.6 Å². The summed E-state index contributed by atoms with van der Waals surface area (Å²) in [6.07, 6.45) is 8.30. The zero-order valence-electron chi connectivity index (χ0n) is 22.8. The Hall–Kier alpha value is -3.14. The molecule has 8 nitrogen and oxygen atoms in total. The highest BCUT2D eigenvalue weighted by Crippen LogP contribution is 2.49. The molecule has 210 valence electrons. The SMILES string of the molecule is CN1CCN(C(=O)c2ncc(-c3cc(F)c(OCC4CCN(C(=O)CCC5(C)CC5)CC4)c(F)c3)cn2)CC1. The third-order valence-corrected chi connectivity index (χ3v) is 8.44. The molecule has 5 rings (SSSR count). The molecule has 2 aliphatic heterocycles. The number of piperazine rings is 1. The molecule has 3 fully saturated rings. The van der Waals surface area contributed by atoms with Gasteiger partial charge in [-0.1, -0.05) is 6.92 Å². The number of rotatable bonds is 8. The second kappa shape index (κ2) is 11.5. The van der Waals surface area contributed by atoms with Gasteiger partial charge in [-0.05, 0) is 68.2 Å². The number of benzene rings is 1. The molecule has 0 radical (unpaired) electrons. The molecule has 2 aromatic rings. The number of piperidine rings is 1. The molecule has 1 aromatic heterocycles. The van der Waals surface area contributed by atoms with E-state index in [9.17, 15) is 18.4 Å². The number of halogens is 2. The zero-order chi connectivity index (χ0) is 27.6. The lowest BCUT2D eigenvalue weighted by molar-refractivity contribution is -0.133. The van der Waals surface area contributed by atoms with Crippen LogP contribution in [-0.4, -0.2) is 89.4 Å². The molecule has 0 N–H and O–H groups in total. The number of carbonyl (C=O) groups is 2. The lowest BCUT2D eigenvalue weighted by Gasteiger charge is -2.32. The van der Waals surface area contributed by atoms with Gasteiger partial charge in [-0.25, -0.2) is 18.7 Å². The summed E-state index contributed by atoms with van der Waals surface area (Å²) >= 11 is 0. The minimum atomic E-state index is -0.802. The lowest BCUT2D eigenvalue weighted by Crippen LogP contribution is -2.47. The van der Waals surface area contributed by atoms with E-state index in [4.69, 9.17) is 4.74 Å². The van der Waals surface area contributed by atoms with E-state index >= 15 is 0 Å². The van der Waals surface area contributed by atoms with Crippen molar-refractivity contribution in [2.45, 2.75) is 45.4 Å². The molecule has 10 heteroatoms. The molecule has 1 saturated carbocycles. The molecule has 1 aliphatic carbocycles. The van der Waals surface area contributed by atoms with Gasteiger partial charge in [0.1, 0.15) is 0 Å². The Morgan fingerprint density at radius 3 is 2.15 bits per heavy atom. The summed E-state index contributed by atoms with van der Waals surface area (Å²) in [4.78, 5) is 39.2. The summed E-state index contributed by atoms with van der Waals surface area (Å²) in [5.41, 5.74) is 1.04. The van der Waals surface area contributed by atoms with Crippen molar-refractivity contribution >= 4 is 11.8 Å². The highest BCUT2D eigenvalue weighted by atomic mass is 19.1. The fourth-order valence-electron chi connectivity index (χ4n) is 5.18. The molecule has 2 saturated heterocycles. The molecule has 0 spiro atoms. The third-order valence-electron chi connectivity index (χ3n) is 8.44. The molecule has 0 atom stereocenters. The Morgan fingerprint density at radius 2 is 1.56 bits per heavy atom. The second-order valence-electron chi connectivity index (χ2n) is 11.6. The predicted octanol–water partition coefficient (Wildman–Crippen LogP) is 4.01. The van der Waals surface area contributed by atoms with Gasteiger partial charge in [0, 0.05) is 63.6 Å². The van der Waals surface area contributed by atoms with Crippen molar-refractivity contribution < 1.29 is 23.1 Å². The average molecular weight is 542 g/mol. The zero-order valence-corrected chi connectivity index (χ0v) is 22.8. The van der Waals surface area contributed by atoms with Gasteiger partial charge < -0.3 is 19.4 Å². The minimum Gasteiger partial charge on any atom is -0.487 e. The first-order valence-corrected chi connectivity index (χ1v) is 13.9. The number of hydrogen-bond acceptors (Lipinski definition) is 6. The van der Waals surface area contributed by atoms with Gasteiger partial charge in [-0.15, -0.1) is 0 Å². The van der Waals surface area contributed by atoms with Crippen molar-refractivity contribution in [1.82, 2.24) is 24.7 Å². The van der Waals surface area contributed by atoms with E-state index in [2.05, 4.69) is 21.8 Å². The lowest BCUT2D eigenvalue weighted by atomic mass is 9.96. The monoisotopic (exact) mass is 541 g/mol. The molecule has 2 amide bonds. The largest absolute Gasteiger partial charge is 0.487 e. The molecule has 0 bridgehead atoms. The molecule has 3 heterocycles. The minimum absolute atomic E-state index is 0.0640. The van der Waals surface area contributed by atoms with Gasteiger partial charge in [0.05, 0.1) is 6.61 Å². The number of likely N-dealkylation sites (N-methyl/N-ethyl adjacent to an activating group) is 1. The number of likely N-dealkylation sites (tertiary alicyclic amines) is 1. The van der Waals surface area contributed by atoms with Crippen LogP contribution in [0.3, 0.4) is 0 Å². The predicted molar refractivity (Wildman–Crippen MR) is 142 cm³/mol. The molecular formula is C29H37F2N5O3. The van der Waals surface area contributed by atoms with Crippen LogP contribution in [0.1, 0.15) is 56.1 Å². The number of ether oxygens (including phenoxy) is 1.